The Labute approximate surface area is 211 Å². The van der Waals surface area contributed by atoms with E-state index in [1.54, 1.807) is 0 Å². The minimum atomic E-state index is -0.189. The summed E-state index contributed by atoms with van der Waals surface area (Å²) in [6, 6.07) is 12.2. The molecule has 35 heavy (non-hydrogen) atoms. The van der Waals surface area contributed by atoms with Gasteiger partial charge < -0.3 is 24.3 Å². The lowest BCUT2D eigenvalue weighted by atomic mass is 9.95. The Morgan fingerprint density at radius 3 is 2.71 bits per heavy atom. The van der Waals surface area contributed by atoms with Crippen LogP contribution in [-0.2, 0) is 24.1 Å². The highest BCUT2D eigenvalue weighted by Gasteiger charge is 2.35. The minimum Gasteiger partial charge on any atom is -0.494 e. The second-order valence-corrected chi connectivity index (χ2v) is 10.2. The van der Waals surface area contributed by atoms with E-state index < -0.39 is 0 Å². The number of thiophene rings is 1. The second-order valence-electron chi connectivity index (χ2n) is 9.11. The number of fused-ring (bicyclic) bond motifs is 5. The Morgan fingerprint density at radius 1 is 1.09 bits per heavy atom. The SMILES string of the molecule is CCOCCCNC(=O)N1Cc2c(sc3c2CCCC3)-n2cccc2[C@H]1c1ccc(OCC)cc1. The van der Waals surface area contributed by atoms with Gasteiger partial charge in [-0.25, -0.2) is 4.79 Å². The zero-order valence-electron chi connectivity index (χ0n) is 20.7. The molecule has 1 aliphatic heterocycles. The molecule has 1 atom stereocenters. The number of nitrogens with zero attached hydrogens (tertiary/aromatic N) is 2. The molecular weight excluding hydrogens is 458 g/mol. The van der Waals surface area contributed by atoms with Gasteiger partial charge in [0.2, 0.25) is 0 Å². The van der Waals surface area contributed by atoms with Crippen molar-refractivity contribution in [1.29, 1.82) is 0 Å². The van der Waals surface area contributed by atoms with E-state index in [1.807, 2.05) is 42.2 Å². The maximum Gasteiger partial charge on any atom is 0.318 e. The fraction of sp³-hybridized carbons (Fsp3) is 0.464. The Morgan fingerprint density at radius 2 is 1.91 bits per heavy atom. The molecule has 0 radical (unpaired) electrons. The van der Waals surface area contributed by atoms with Crippen LogP contribution in [0.25, 0.3) is 5.00 Å². The van der Waals surface area contributed by atoms with Crippen LogP contribution in [0.5, 0.6) is 5.75 Å². The molecular formula is C28H35N3O3S. The predicted octanol–water partition coefficient (Wildman–Crippen LogP) is 5.86. The predicted molar refractivity (Wildman–Crippen MR) is 140 cm³/mol. The maximum atomic E-state index is 13.7. The summed E-state index contributed by atoms with van der Waals surface area (Å²) >= 11 is 1.91. The zero-order valence-corrected chi connectivity index (χ0v) is 21.5. The van der Waals surface area contributed by atoms with Gasteiger partial charge >= 0.3 is 6.03 Å². The van der Waals surface area contributed by atoms with Crippen LogP contribution in [0, 0.1) is 0 Å². The molecule has 2 aliphatic rings. The largest absolute Gasteiger partial charge is 0.494 e. The van der Waals surface area contributed by atoms with Crippen molar-refractivity contribution in [3.05, 3.63) is 69.9 Å². The monoisotopic (exact) mass is 493 g/mol. The summed E-state index contributed by atoms with van der Waals surface area (Å²) in [7, 11) is 0. The topological polar surface area (TPSA) is 55.7 Å². The van der Waals surface area contributed by atoms with Crippen LogP contribution in [0.2, 0.25) is 0 Å². The van der Waals surface area contributed by atoms with Gasteiger partial charge in [0.1, 0.15) is 10.8 Å². The van der Waals surface area contributed by atoms with Crippen LogP contribution in [0.1, 0.15) is 66.4 Å². The van der Waals surface area contributed by atoms with Crippen molar-refractivity contribution < 1.29 is 14.3 Å². The highest BCUT2D eigenvalue weighted by Crippen LogP contribution is 2.44. The first-order valence-corrected chi connectivity index (χ1v) is 13.7. The Bertz CT molecular complexity index is 1150. The molecule has 1 aliphatic carbocycles. The molecule has 186 valence electrons. The molecule has 1 N–H and O–H groups in total. The average molecular weight is 494 g/mol. The fourth-order valence-electron chi connectivity index (χ4n) is 5.27. The van der Waals surface area contributed by atoms with Crippen molar-refractivity contribution in [2.75, 3.05) is 26.4 Å². The number of aryl methyl sites for hydroxylation is 1. The number of amides is 2. The maximum absolute atomic E-state index is 13.7. The molecule has 7 heteroatoms. The summed E-state index contributed by atoms with van der Waals surface area (Å²) < 4.78 is 13.5. The van der Waals surface area contributed by atoms with E-state index in [1.165, 1.54) is 33.8 Å². The number of carbonyl (C=O) groups is 1. The van der Waals surface area contributed by atoms with Crippen LogP contribution in [0.3, 0.4) is 0 Å². The van der Waals surface area contributed by atoms with Crippen LogP contribution in [0.15, 0.2) is 42.6 Å². The van der Waals surface area contributed by atoms with E-state index >= 15 is 0 Å². The molecule has 0 unspecified atom stereocenters. The Balaban J connectivity index is 1.53. The standard InChI is InChI=1S/C28H35N3O3S/c1-3-33-18-8-16-29-28(32)31-19-23-22-9-5-6-11-25(22)35-27(23)30-17-7-10-24(30)26(31)20-12-14-21(15-13-20)34-4-2/h7,10,12-15,17,26H,3-6,8-9,11,16,18-19H2,1-2H3,(H,29,32)/t26-/m1/s1. The molecule has 0 fully saturated rings. The lowest BCUT2D eigenvalue weighted by Crippen LogP contribution is -2.42. The van der Waals surface area contributed by atoms with Crippen LogP contribution in [-0.4, -0.2) is 41.9 Å². The number of aromatic nitrogens is 1. The summed E-state index contributed by atoms with van der Waals surface area (Å²) in [6.45, 7) is 7.17. The van der Waals surface area contributed by atoms with Gasteiger partial charge in [-0.2, -0.15) is 0 Å². The number of rotatable bonds is 8. The number of urea groups is 1. The van der Waals surface area contributed by atoms with Crippen LogP contribution >= 0.6 is 11.3 Å². The molecule has 1 aromatic carbocycles. The van der Waals surface area contributed by atoms with Crippen molar-refractivity contribution in [2.24, 2.45) is 0 Å². The molecule has 6 nitrogen and oxygen atoms in total. The first-order valence-electron chi connectivity index (χ1n) is 12.9. The van der Waals surface area contributed by atoms with E-state index in [-0.39, 0.29) is 12.1 Å². The number of carbonyl (C=O) groups excluding carboxylic acids is 1. The summed E-state index contributed by atoms with van der Waals surface area (Å²) in [5, 5.41) is 4.45. The molecule has 0 spiro atoms. The van der Waals surface area contributed by atoms with Gasteiger partial charge in [-0.1, -0.05) is 12.1 Å². The van der Waals surface area contributed by atoms with E-state index in [2.05, 4.69) is 40.3 Å². The summed E-state index contributed by atoms with van der Waals surface area (Å²) in [6.07, 6.45) is 7.69. The molecule has 5 rings (SSSR count). The van der Waals surface area contributed by atoms with E-state index in [0.29, 0.717) is 32.9 Å². The Kier molecular flexibility index (Phi) is 7.44. The quantitative estimate of drug-likeness (QED) is 0.400. The van der Waals surface area contributed by atoms with Gasteiger partial charge in [0.05, 0.1) is 24.9 Å². The number of benzene rings is 1. The number of nitrogens with one attached hydrogen (secondary N) is 1. The smallest absolute Gasteiger partial charge is 0.318 e. The average Bonchev–Trinajstić information content (AvgIpc) is 3.46. The second kappa shape index (κ2) is 10.9. The zero-order chi connectivity index (χ0) is 24.2. The van der Waals surface area contributed by atoms with Crippen molar-refractivity contribution >= 4 is 17.4 Å². The first-order chi connectivity index (χ1) is 17.2. The molecule has 2 aromatic heterocycles. The molecule has 0 bridgehead atoms. The molecule has 3 heterocycles. The highest BCUT2D eigenvalue weighted by molar-refractivity contribution is 7.15. The summed E-state index contributed by atoms with van der Waals surface area (Å²) in [5.74, 6) is 0.848. The van der Waals surface area contributed by atoms with Gasteiger partial charge in [0.15, 0.2) is 0 Å². The van der Waals surface area contributed by atoms with Gasteiger partial charge in [0, 0.05) is 36.4 Å². The van der Waals surface area contributed by atoms with E-state index in [9.17, 15) is 4.79 Å². The number of hydrogen-bond acceptors (Lipinski definition) is 4. The molecule has 2 amide bonds. The van der Waals surface area contributed by atoms with E-state index in [4.69, 9.17) is 9.47 Å². The van der Waals surface area contributed by atoms with Crippen molar-refractivity contribution in [2.45, 2.75) is 58.5 Å². The Hall–Kier alpha value is -2.77. The van der Waals surface area contributed by atoms with Crippen molar-refractivity contribution in [3.8, 4) is 10.8 Å². The lowest BCUT2D eigenvalue weighted by molar-refractivity contribution is 0.143. The van der Waals surface area contributed by atoms with Gasteiger partial charge in [-0.05, 0) is 81.3 Å². The third-order valence-electron chi connectivity index (χ3n) is 6.89. The van der Waals surface area contributed by atoms with Crippen molar-refractivity contribution in [1.82, 2.24) is 14.8 Å². The molecule has 3 aromatic rings. The summed E-state index contributed by atoms with van der Waals surface area (Å²) in [5.41, 5.74) is 5.00. The molecule has 0 saturated carbocycles. The summed E-state index contributed by atoms with van der Waals surface area (Å²) in [4.78, 5) is 17.2. The first kappa shape index (κ1) is 23.9. The van der Waals surface area contributed by atoms with Crippen LogP contribution in [0.4, 0.5) is 4.79 Å². The lowest BCUT2D eigenvalue weighted by Gasteiger charge is -2.31. The molecule has 0 saturated heterocycles. The van der Waals surface area contributed by atoms with Crippen molar-refractivity contribution in [3.63, 3.8) is 0 Å². The normalized spacial score (nSPS) is 16.7. The minimum absolute atomic E-state index is 0.0308. The third kappa shape index (κ3) is 4.84. The number of ether oxygens (including phenoxy) is 2. The van der Waals surface area contributed by atoms with E-state index in [0.717, 1.165) is 36.3 Å². The van der Waals surface area contributed by atoms with Gasteiger partial charge in [-0.15, -0.1) is 11.3 Å². The highest BCUT2D eigenvalue weighted by atomic mass is 32.1. The van der Waals surface area contributed by atoms with Crippen LogP contribution < -0.4 is 10.1 Å². The fourth-order valence-corrected chi connectivity index (χ4v) is 6.67. The third-order valence-corrected chi connectivity index (χ3v) is 8.23. The van der Waals surface area contributed by atoms with Gasteiger partial charge in [0.25, 0.3) is 0 Å². The van der Waals surface area contributed by atoms with Gasteiger partial charge in [-0.3, -0.25) is 0 Å². The number of hydrogen-bond donors (Lipinski definition) is 1.